The zero-order valence-electron chi connectivity index (χ0n) is 8.53. The van der Waals surface area contributed by atoms with Gasteiger partial charge in [0.2, 0.25) is 0 Å². The first kappa shape index (κ1) is 8.42. The van der Waals surface area contributed by atoms with Gasteiger partial charge in [0.1, 0.15) is 0 Å². The van der Waals surface area contributed by atoms with Crippen LogP contribution in [0.5, 0.6) is 0 Å². The maximum atomic E-state index is 6.46. The van der Waals surface area contributed by atoms with Crippen LogP contribution < -0.4 is 5.73 Å². The molecule has 1 aromatic heterocycles. The summed E-state index contributed by atoms with van der Waals surface area (Å²) in [5, 5.41) is 0. The van der Waals surface area contributed by atoms with Gasteiger partial charge in [-0.05, 0) is 43.2 Å². The van der Waals surface area contributed by atoms with E-state index in [4.69, 9.17) is 5.73 Å². The molecule has 2 N–H and O–H groups in total. The van der Waals surface area contributed by atoms with Crippen molar-refractivity contribution >= 4 is 0 Å². The van der Waals surface area contributed by atoms with E-state index in [-0.39, 0.29) is 5.54 Å². The number of rotatable bonds is 1. The Bertz CT molecular complexity index is 362. The summed E-state index contributed by atoms with van der Waals surface area (Å²) in [4.78, 5) is 4.47. The quantitative estimate of drug-likeness (QED) is 0.731. The lowest BCUT2D eigenvalue weighted by Crippen LogP contribution is -2.28. The van der Waals surface area contributed by atoms with E-state index in [0.717, 1.165) is 17.5 Å². The molecule has 2 nitrogen and oxygen atoms in total. The standard InChI is InChI=1S/C12H16N2/c1-8-4-3-7-14-11(8)12(13)9-5-2-6-10(9)12/h3-4,7,9-10H,2,5-6,13H2,1H3. The second-order valence-corrected chi connectivity index (χ2v) is 4.75. The first-order valence-electron chi connectivity index (χ1n) is 5.45. The average molecular weight is 188 g/mol. The Morgan fingerprint density at radius 1 is 1.43 bits per heavy atom. The van der Waals surface area contributed by atoms with Gasteiger partial charge < -0.3 is 5.73 Å². The maximum Gasteiger partial charge on any atom is 0.0650 e. The number of nitrogens with zero attached hydrogens (tertiary/aromatic N) is 1. The number of aryl methyl sites for hydroxylation is 1. The molecule has 0 aliphatic heterocycles. The van der Waals surface area contributed by atoms with E-state index in [1.165, 1.54) is 24.8 Å². The van der Waals surface area contributed by atoms with Crippen molar-refractivity contribution in [2.75, 3.05) is 0 Å². The zero-order chi connectivity index (χ0) is 9.76. The van der Waals surface area contributed by atoms with E-state index in [9.17, 15) is 0 Å². The van der Waals surface area contributed by atoms with Gasteiger partial charge in [-0.15, -0.1) is 0 Å². The zero-order valence-corrected chi connectivity index (χ0v) is 8.53. The van der Waals surface area contributed by atoms with Crippen LogP contribution in [0.15, 0.2) is 18.3 Å². The number of hydrogen-bond donors (Lipinski definition) is 1. The second kappa shape index (κ2) is 2.57. The minimum absolute atomic E-state index is 0.0659. The Balaban J connectivity index is 2.01. The summed E-state index contributed by atoms with van der Waals surface area (Å²) < 4.78 is 0. The van der Waals surface area contributed by atoms with E-state index in [0.29, 0.717) is 0 Å². The third-order valence-corrected chi connectivity index (χ3v) is 4.05. The largest absolute Gasteiger partial charge is 0.320 e. The summed E-state index contributed by atoms with van der Waals surface area (Å²) in [6.45, 7) is 2.12. The van der Waals surface area contributed by atoms with Gasteiger partial charge in [0.15, 0.2) is 0 Å². The monoisotopic (exact) mass is 188 g/mol. The third-order valence-electron chi connectivity index (χ3n) is 4.05. The molecule has 2 saturated carbocycles. The number of nitrogens with two attached hydrogens (primary N) is 1. The molecule has 2 unspecified atom stereocenters. The molecule has 1 aromatic rings. The summed E-state index contributed by atoms with van der Waals surface area (Å²) >= 11 is 0. The molecular formula is C12H16N2. The van der Waals surface area contributed by atoms with Crippen molar-refractivity contribution in [2.45, 2.75) is 31.7 Å². The highest BCUT2D eigenvalue weighted by atomic mass is 15.0. The van der Waals surface area contributed by atoms with Gasteiger partial charge in [0.25, 0.3) is 0 Å². The summed E-state index contributed by atoms with van der Waals surface area (Å²) in [6, 6.07) is 4.10. The molecule has 74 valence electrons. The predicted molar refractivity (Wildman–Crippen MR) is 55.7 cm³/mol. The summed E-state index contributed by atoms with van der Waals surface area (Å²) in [5.41, 5.74) is 8.79. The van der Waals surface area contributed by atoms with Gasteiger partial charge in [-0.1, -0.05) is 12.5 Å². The van der Waals surface area contributed by atoms with E-state index >= 15 is 0 Å². The molecule has 0 amide bonds. The Hall–Kier alpha value is -0.890. The van der Waals surface area contributed by atoms with Crippen LogP contribution in [0.1, 0.15) is 30.5 Å². The van der Waals surface area contributed by atoms with Gasteiger partial charge in [-0.25, -0.2) is 0 Å². The van der Waals surface area contributed by atoms with Crippen LogP contribution in [0.3, 0.4) is 0 Å². The fourth-order valence-corrected chi connectivity index (χ4v) is 3.29. The van der Waals surface area contributed by atoms with E-state index < -0.39 is 0 Å². The molecule has 2 aliphatic rings. The molecule has 3 rings (SSSR count). The molecule has 2 aliphatic carbocycles. The highest BCUT2D eigenvalue weighted by molar-refractivity contribution is 5.36. The number of pyridine rings is 1. The molecule has 0 bridgehead atoms. The van der Waals surface area contributed by atoms with Gasteiger partial charge in [0.05, 0.1) is 11.2 Å². The fourth-order valence-electron chi connectivity index (χ4n) is 3.29. The third kappa shape index (κ3) is 0.871. The van der Waals surface area contributed by atoms with Crippen LogP contribution >= 0.6 is 0 Å². The Labute approximate surface area is 84.5 Å². The van der Waals surface area contributed by atoms with Crippen molar-refractivity contribution in [1.82, 2.24) is 4.98 Å². The molecule has 0 radical (unpaired) electrons. The summed E-state index contributed by atoms with van der Waals surface area (Å²) in [7, 11) is 0. The summed E-state index contributed by atoms with van der Waals surface area (Å²) in [5.74, 6) is 1.44. The molecule has 2 fully saturated rings. The molecule has 0 aromatic carbocycles. The molecule has 14 heavy (non-hydrogen) atoms. The van der Waals surface area contributed by atoms with Gasteiger partial charge in [0, 0.05) is 6.20 Å². The Morgan fingerprint density at radius 3 is 2.79 bits per heavy atom. The van der Waals surface area contributed by atoms with Crippen LogP contribution in [0.4, 0.5) is 0 Å². The average Bonchev–Trinajstić information content (AvgIpc) is 2.63. The Morgan fingerprint density at radius 2 is 2.14 bits per heavy atom. The minimum atomic E-state index is -0.0659. The molecule has 2 atom stereocenters. The van der Waals surface area contributed by atoms with Crippen LogP contribution in [0.2, 0.25) is 0 Å². The number of aromatic nitrogens is 1. The van der Waals surface area contributed by atoms with Crippen molar-refractivity contribution < 1.29 is 0 Å². The topological polar surface area (TPSA) is 38.9 Å². The first-order valence-corrected chi connectivity index (χ1v) is 5.45. The van der Waals surface area contributed by atoms with Crippen molar-refractivity contribution in [3.8, 4) is 0 Å². The second-order valence-electron chi connectivity index (χ2n) is 4.75. The lowest BCUT2D eigenvalue weighted by Gasteiger charge is -2.16. The smallest absolute Gasteiger partial charge is 0.0650 e. The SMILES string of the molecule is Cc1cccnc1C1(N)C2CCCC21. The van der Waals surface area contributed by atoms with Crippen LogP contribution in [0, 0.1) is 18.8 Å². The van der Waals surface area contributed by atoms with Crippen molar-refractivity contribution in [2.24, 2.45) is 17.6 Å². The number of hydrogen-bond acceptors (Lipinski definition) is 2. The predicted octanol–water partition coefficient (Wildman–Crippen LogP) is 1.97. The molecule has 1 heterocycles. The van der Waals surface area contributed by atoms with Gasteiger partial charge >= 0.3 is 0 Å². The first-order chi connectivity index (χ1) is 6.74. The maximum absolute atomic E-state index is 6.46. The fraction of sp³-hybridized carbons (Fsp3) is 0.583. The lowest BCUT2D eigenvalue weighted by molar-refractivity contribution is 0.511. The van der Waals surface area contributed by atoms with E-state index in [2.05, 4.69) is 18.0 Å². The normalized spacial score (nSPS) is 39.6. The molecule has 0 spiro atoms. The van der Waals surface area contributed by atoms with E-state index in [1.807, 2.05) is 12.3 Å². The van der Waals surface area contributed by atoms with Crippen LogP contribution in [-0.2, 0) is 5.54 Å². The summed E-state index contributed by atoms with van der Waals surface area (Å²) in [6.07, 6.45) is 5.83. The minimum Gasteiger partial charge on any atom is -0.320 e. The highest BCUT2D eigenvalue weighted by Crippen LogP contribution is 2.64. The van der Waals surface area contributed by atoms with Crippen LogP contribution in [0.25, 0.3) is 0 Å². The van der Waals surface area contributed by atoms with E-state index in [1.54, 1.807) is 0 Å². The van der Waals surface area contributed by atoms with Crippen molar-refractivity contribution in [3.63, 3.8) is 0 Å². The van der Waals surface area contributed by atoms with Crippen LogP contribution in [-0.4, -0.2) is 4.98 Å². The Kier molecular flexibility index (Phi) is 1.55. The molecule has 0 saturated heterocycles. The van der Waals surface area contributed by atoms with Crippen molar-refractivity contribution in [3.05, 3.63) is 29.6 Å². The van der Waals surface area contributed by atoms with Gasteiger partial charge in [-0.3, -0.25) is 4.98 Å². The number of fused-ring (bicyclic) bond motifs is 1. The van der Waals surface area contributed by atoms with Gasteiger partial charge in [-0.2, -0.15) is 0 Å². The molecular weight excluding hydrogens is 172 g/mol. The lowest BCUT2D eigenvalue weighted by atomic mass is 9.98. The highest BCUT2D eigenvalue weighted by Gasteiger charge is 2.65. The van der Waals surface area contributed by atoms with Crippen molar-refractivity contribution in [1.29, 1.82) is 0 Å². The molecule has 2 heteroatoms.